The Morgan fingerprint density at radius 2 is 1.94 bits per heavy atom. The zero-order chi connectivity index (χ0) is 23.7. The average Bonchev–Trinajstić information content (AvgIpc) is 3.30. The normalized spacial score (nSPS) is 14.5. The van der Waals surface area contributed by atoms with Crippen LogP contribution in [0.5, 0.6) is 0 Å². The molecule has 0 unspecified atom stereocenters. The smallest absolute Gasteiger partial charge is 0.321 e. The molecule has 2 aromatic carbocycles. The number of imidazole rings is 1. The summed E-state index contributed by atoms with van der Waals surface area (Å²) in [5.41, 5.74) is 3.70. The number of likely N-dealkylation sites (N-methyl/N-ethyl adjacent to an activating group) is 1. The molecular weight excluding hydrogens is 432 g/mol. The number of nitrogens with zero attached hydrogens (tertiary/aromatic N) is 4. The number of amides is 2. The van der Waals surface area contributed by atoms with Crippen molar-refractivity contribution in [3.63, 3.8) is 0 Å². The van der Waals surface area contributed by atoms with Crippen LogP contribution < -0.4 is 16.1 Å². The topological polar surface area (TPSA) is 91.2 Å². The highest BCUT2D eigenvalue weighted by molar-refractivity contribution is 6.07. The van der Waals surface area contributed by atoms with Gasteiger partial charge in [-0.15, -0.1) is 0 Å². The summed E-state index contributed by atoms with van der Waals surface area (Å²) in [5, 5.41) is 7.57. The van der Waals surface area contributed by atoms with Gasteiger partial charge in [-0.25, -0.2) is 9.78 Å². The highest BCUT2D eigenvalue weighted by atomic mass is 16.5. The third-order valence-corrected chi connectivity index (χ3v) is 6.63. The molecule has 34 heavy (non-hydrogen) atoms. The van der Waals surface area contributed by atoms with Gasteiger partial charge in [0.05, 0.1) is 35.2 Å². The van der Waals surface area contributed by atoms with Gasteiger partial charge >= 0.3 is 6.03 Å². The number of fused-ring (bicyclic) bond motifs is 2. The molecule has 2 aromatic heterocycles. The number of hydrogen-bond acceptors (Lipinski definition) is 6. The number of hydrogen-bond donors (Lipinski definition) is 2. The van der Waals surface area contributed by atoms with Crippen LogP contribution in [-0.4, -0.2) is 77.7 Å². The van der Waals surface area contributed by atoms with Crippen LogP contribution in [0.3, 0.4) is 0 Å². The van der Waals surface area contributed by atoms with Gasteiger partial charge in [-0.05, 0) is 43.4 Å². The van der Waals surface area contributed by atoms with Crippen LogP contribution in [0.4, 0.5) is 16.2 Å². The molecule has 0 spiro atoms. The van der Waals surface area contributed by atoms with E-state index in [4.69, 9.17) is 4.74 Å². The van der Waals surface area contributed by atoms with Crippen LogP contribution in [0.2, 0.25) is 0 Å². The molecule has 9 heteroatoms. The first-order valence-corrected chi connectivity index (χ1v) is 11.9. The van der Waals surface area contributed by atoms with Gasteiger partial charge in [0.1, 0.15) is 6.33 Å². The zero-order valence-corrected chi connectivity index (χ0v) is 19.6. The van der Waals surface area contributed by atoms with Crippen molar-refractivity contribution in [3.05, 3.63) is 46.9 Å². The fourth-order valence-electron chi connectivity index (χ4n) is 4.66. The molecule has 0 bridgehead atoms. The molecule has 2 N–H and O–H groups in total. The minimum absolute atomic E-state index is 0.0681. The summed E-state index contributed by atoms with van der Waals surface area (Å²) in [4.78, 5) is 35.0. The van der Waals surface area contributed by atoms with Crippen molar-refractivity contribution in [3.8, 4) is 0 Å². The Morgan fingerprint density at radius 1 is 1.15 bits per heavy atom. The van der Waals surface area contributed by atoms with Crippen molar-refractivity contribution in [2.24, 2.45) is 0 Å². The number of rotatable bonds is 7. The van der Waals surface area contributed by atoms with Crippen LogP contribution in [0.1, 0.15) is 13.8 Å². The van der Waals surface area contributed by atoms with Crippen molar-refractivity contribution in [2.45, 2.75) is 13.8 Å². The van der Waals surface area contributed by atoms with Crippen molar-refractivity contribution < 1.29 is 9.53 Å². The van der Waals surface area contributed by atoms with Crippen LogP contribution >= 0.6 is 0 Å². The predicted octanol–water partition coefficient (Wildman–Crippen LogP) is 3.06. The molecule has 1 saturated heterocycles. The Bertz CT molecular complexity index is 1370. The second kappa shape index (κ2) is 9.44. The average molecular weight is 463 g/mol. The molecule has 4 aromatic rings. The van der Waals surface area contributed by atoms with E-state index >= 15 is 0 Å². The SMILES string of the molecule is CCN(CC)CCNc1ccc2ncn3c4ccc(NC(=O)N5CCOCC5)cc4c(=O)c1c23. The monoisotopic (exact) mass is 462 g/mol. The number of aromatic nitrogens is 2. The molecule has 3 heterocycles. The summed E-state index contributed by atoms with van der Waals surface area (Å²) < 4.78 is 7.29. The number of carbonyl (C=O) groups is 1. The second-order valence-corrected chi connectivity index (χ2v) is 8.51. The first-order valence-electron chi connectivity index (χ1n) is 11.9. The number of nitrogens with one attached hydrogen (secondary N) is 2. The first-order chi connectivity index (χ1) is 16.6. The standard InChI is InChI=1S/C25H30N6O3/c1-3-29(4-2)10-9-26-19-6-7-20-23-22(19)24(32)18-15-17(5-8-21(18)31(23)16-27-20)28-25(33)30-11-13-34-14-12-30/h5-8,15-16,26H,3-4,9-14H2,1-2H3,(H,28,33). The maximum absolute atomic E-state index is 13.7. The predicted molar refractivity (Wildman–Crippen MR) is 135 cm³/mol. The van der Waals surface area contributed by atoms with E-state index in [1.165, 1.54) is 0 Å². The van der Waals surface area contributed by atoms with Gasteiger partial charge in [-0.3, -0.25) is 9.20 Å². The molecular formula is C25H30N6O3. The highest BCUT2D eigenvalue weighted by Gasteiger charge is 2.19. The number of carbonyl (C=O) groups excluding carboxylic acids is 1. The number of pyridine rings is 1. The highest BCUT2D eigenvalue weighted by Crippen LogP contribution is 2.29. The Morgan fingerprint density at radius 3 is 2.71 bits per heavy atom. The van der Waals surface area contributed by atoms with Gasteiger partial charge < -0.3 is 25.2 Å². The van der Waals surface area contributed by atoms with Crippen LogP contribution in [0.25, 0.3) is 27.3 Å². The molecule has 0 aliphatic carbocycles. The summed E-state index contributed by atoms with van der Waals surface area (Å²) in [6, 6.07) is 9.15. The van der Waals surface area contributed by atoms with E-state index in [0.717, 1.165) is 48.4 Å². The van der Waals surface area contributed by atoms with Gasteiger partial charge in [0.15, 0.2) is 5.43 Å². The summed E-state index contributed by atoms with van der Waals surface area (Å²) in [5.74, 6) is 0. The quantitative estimate of drug-likeness (QED) is 0.410. The van der Waals surface area contributed by atoms with Crippen LogP contribution in [0, 0.1) is 0 Å². The van der Waals surface area contributed by atoms with Crippen LogP contribution in [0.15, 0.2) is 41.5 Å². The largest absolute Gasteiger partial charge is 0.383 e. The Hall–Kier alpha value is -3.43. The van der Waals surface area contributed by atoms with E-state index in [0.29, 0.717) is 42.8 Å². The lowest BCUT2D eigenvalue weighted by molar-refractivity contribution is 0.0564. The van der Waals surface area contributed by atoms with Crippen LogP contribution in [-0.2, 0) is 4.74 Å². The molecule has 5 rings (SSSR count). The molecule has 0 radical (unpaired) electrons. The number of urea groups is 1. The Balaban J connectivity index is 1.52. The van der Waals surface area contributed by atoms with Crippen molar-refractivity contribution >= 4 is 44.7 Å². The minimum Gasteiger partial charge on any atom is -0.383 e. The van der Waals surface area contributed by atoms with Gasteiger partial charge in [0.25, 0.3) is 0 Å². The molecule has 1 aliphatic rings. The lowest BCUT2D eigenvalue weighted by Gasteiger charge is -2.27. The minimum atomic E-state index is -0.185. The summed E-state index contributed by atoms with van der Waals surface area (Å²) in [7, 11) is 0. The van der Waals surface area contributed by atoms with Crippen molar-refractivity contribution in [1.82, 2.24) is 19.2 Å². The number of benzene rings is 2. The fraction of sp³-hybridized carbons (Fsp3) is 0.400. The molecule has 0 saturated carbocycles. The van der Waals surface area contributed by atoms with E-state index in [2.05, 4.69) is 34.4 Å². The third-order valence-electron chi connectivity index (χ3n) is 6.63. The van der Waals surface area contributed by atoms with Crippen molar-refractivity contribution in [2.75, 3.05) is 63.1 Å². The van der Waals surface area contributed by atoms with E-state index in [1.54, 1.807) is 17.3 Å². The Labute approximate surface area is 197 Å². The molecule has 2 amide bonds. The molecule has 1 fully saturated rings. The summed E-state index contributed by atoms with van der Waals surface area (Å²) in [6.07, 6.45) is 1.76. The lowest BCUT2D eigenvalue weighted by Crippen LogP contribution is -2.43. The van der Waals surface area contributed by atoms with Gasteiger partial charge in [-0.2, -0.15) is 0 Å². The first kappa shape index (κ1) is 22.4. The van der Waals surface area contributed by atoms with Crippen molar-refractivity contribution in [1.29, 1.82) is 0 Å². The molecule has 1 aliphatic heterocycles. The summed E-state index contributed by atoms with van der Waals surface area (Å²) in [6.45, 7) is 10.1. The molecule has 0 atom stereocenters. The maximum Gasteiger partial charge on any atom is 0.321 e. The molecule has 9 nitrogen and oxygen atoms in total. The van der Waals surface area contributed by atoms with E-state index < -0.39 is 0 Å². The van der Waals surface area contributed by atoms with Gasteiger partial charge in [0, 0.05) is 42.9 Å². The Kier molecular flexibility index (Phi) is 6.21. The van der Waals surface area contributed by atoms with E-state index in [1.807, 2.05) is 28.7 Å². The van der Waals surface area contributed by atoms with E-state index in [9.17, 15) is 9.59 Å². The lowest BCUT2D eigenvalue weighted by atomic mass is 10.1. The van der Waals surface area contributed by atoms with E-state index in [-0.39, 0.29) is 11.5 Å². The molecule has 178 valence electrons. The maximum atomic E-state index is 13.7. The van der Waals surface area contributed by atoms with Gasteiger partial charge in [0.2, 0.25) is 0 Å². The summed E-state index contributed by atoms with van der Waals surface area (Å²) >= 11 is 0. The zero-order valence-electron chi connectivity index (χ0n) is 19.6. The third kappa shape index (κ3) is 4.01. The number of ether oxygens (including phenoxy) is 1. The second-order valence-electron chi connectivity index (χ2n) is 8.51. The number of anilines is 2. The van der Waals surface area contributed by atoms with Gasteiger partial charge in [-0.1, -0.05) is 13.8 Å². The fourth-order valence-corrected chi connectivity index (χ4v) is 4.66. The number of morpholine rings is 1.